The van der Waals surface area contributed by atoms with Crippen LogP contribution in [0.5, 0.6) is 0 Å². The van der Waals surface area contributed by atoms with Gasteiger partial charge < -0.3 is 14.3 Å². The average Bonchev–Trinajstić information content (AvgIpc) is 3.03. The van der Waals surface area contributed by atoms with E-state index in [-0.39, 0.29) is 0 Å². The van der Waals surface area contributed by atoms with E-state index in [4.69, 9.17) is 8.94 Å². The Bertz CT molecular complexity index is 681. The van der Waals surface area contributed by atoms with E-state index in [2.05, 4.69) is 20.4 Å². The highest BCUT2D eigenvalue weighted by atomic mass is 16.5. The van der Waals surface area contributed by atoms with Crippen LogP contribution < -0.4 is 5.32 Å². The van der Waals surface area contributed by atoms with E-state index in [0.717, 1.165) is 29.8 Å². The van der Waals surface area contributed by atoms with Gasteiger partial charge in [-0.15, -0.1) is 0 Å². The summed E-state index contributed by atoms with van der Waals surface area (Å²) < 4.78 is 10.7. The molecule has 1 saturated carbocycles. The van der Waals surface area contributed by atoms with Crippen LogP contribution in [-0.2, 0) is 6.54 Å². The highest BCUT2D eigenvalue weighted by Crippen LogP contribution is 2.38. The molecule has 0 atom stereocenters. The summed E-state index contributed by atoms with van der Waals surface area (Å²) in [7, 11) is 0. The third-order valence-electron chi connectivity index (χ3n) is 3.10. The van der Waals surface area contributed by atoms with Crippen molar-refractivity contribution in [2.75, 3.05) is 5.32 Å². The van der Waals surface area contributed by atoms with Crippen LogP contribution in [0.1, 0.15) is 30.5 Å². The molecule has 2 aromatic heterocycles. The molecule has 0 aliphatic heterocycles. The minimum Gasteiger partial charge on any atom is -0.424 e. The highest BCUT2D eigenvalue weighted by Gasteiger charge is 2.29. The lowest BCUT2D eigenvalue weighted by atomic mass is 10.3. The van der Waals surface area contributed by atoms with E-state index in [1.807, 2.05) is 24.3 Å². The van der Waals surface area contributed by atoms with Gasteiger partial charge in [0.1, 0.15) is 5.52 Å². The molecular weight excluding hydrogens is 244 g/mol. The van der Waals surface area contributed by atoms with Crippen LogP contribution in [0.2, 0.25) is 0 Å². The van der Waals surface area contributed by atoms with E-state index >= 15 is 0 Å². The first-order chi connectivity index (χ1) is 9.38. The van der Waals surface area contributed by atoms with Gasteiger partial charge in [0.25, 0.3) is 6.01 Å². The topological polar surface area (TPSA) is 77.0 Å². The second-order valence-corrected chi connectivity index (χ2v) is 4.66. The van der Waals surface area contributed by atoms with E-state index in [1.165, 1.54) is 0 Å². The van der Waals surface area contributed by atoms with Crippen LogP contribution in [0.4, 0.5) is 6.01 Å². The van der Waals surface area contributed by atoms with Crippen LogP contribution in [0.3, 0.4) is 0 Å². The first-order valence-electron chi connectivity index (χ1n) is 6.30. The average molecular weight is 256 g/mol. The number of para-hydroxylation sites is 2. The van der Waals surface area contributed by atoms with Gasteiger partial charge in [-0.3, -0.25) is 0 Å². The molecule has 0 unspecified atom stereocenters. The molecule has 6 heteroatoms. The molecule has 1 fully saturated rings. The zero-order valence-electron chi connectivity index (χ0n) is 10.2. The smallest absolute Gasteiger partial charge is 0.296 e. The van der Waals surface area contributed by atoms with Crippen molar-refractivity contribution < 1.29 is 8.94 Å². The molecule has 0 spiro atoms. The van der Waals surface area contributed by atoms with E-state index in [1.54, 1.807) is 0 Å². The maximum Gasteiger partial charge on any atom is 0.296 e. The minimum absolute atomic E-state index is 0.447. The van der Waals surface area contributed by atoms with Gasteiger partial charge in [0, 0.05) is 5.92 Å². The van der Waals surface area contributed by atoms with Crippen molar-refractivity contribution in [1.29, 1.82) is 0 Å². The molecule has 0 amide bonds. The molecule has 2 heterocycles. The Morgan fingerprint density at radius 2 is 2.11 bits per heavy atom. The number of benzene rings is 1. The van der Waals surface area contributed by atoms with Crippen molar-refractivity contribution in [2.45, 2.75) is 25.3 Å². The van der Waals surface area contributed by atoms with Gasteiger partial charge in [-0.25, -0.2) is 0 Å². The Morgan fingerprint density at radius 1 is 1.21 bits per heavy atom. The van der Waals surface area contributed by atoms with E-state index in [9.17, 15) is 0 Å². The molecule has 0 bridgehead atoms. The minimum atomic E-state index is 0.447. The summed E-state index contributed by atoms with van der Waals surface area (Å²) in [6, 6.07) is 8.10. The van der Waals surface area contributed by atoms with E-state index < -0.39 is 0 Å². The predicted octanol–water partition coefficient (Wildman–Crippen LogP) is 2.70. The summed E-state index contributed by atoms with van der Waals surface area (Å²) in [6.45, 7) is 0.447. The maximum atomic E-state index is 5.55. The number of aromatic nitrogens is 3. The summed E-state index contributed by atoms with van der Waals surface area (Å²) in [5.41, 5.74) is 1.59. The monoisotopic (exact) mass is 256 g/mol. The molecule has 96 valence electrons. The van der Waals surface area contributed by atoms with Crippen molar-refractivity contribution in [2.24, 2.45) is 0 Å². The lowest BCUT2D eigenvalue weighted by molar-refractivity contribution is 0.374. The van der Waals surface area contributed by atoms with Crippen molar-refractivity contribution in [3.8, 4) is 0 Å². The summed E-state index contributed by atoms with van der Waals surface area (Å²) in [5.74, 6) is 1.85. The third kappa shape index (κ3) is 2.05. The zero-order valence-corrected chi connectivity index (χ0v) is 10.2. The number of hydrogen-bond acceptors (Lipinski definition) is 6. The molecule has 1 N–H and O–H groups in total. The number of oxazole rings is 1. The van der Waals surface area contributed by atoms with Gasteiger partial charge in [0.15, 0.2) is 11.4 Å². The highest BCUT2D eigenvalue weighted by molar-refractivity contribution is 5.74. The fraction of sp³-hybridized carbons (Fsp3) is 0.308. The van der Waals surface area contributed by atoms with Crippen LogP contribution >= 0.6 is 0 Å². The fourth-order valence-corrected chi connectivity index (χ4v) is 1.94. The van der Waals surface area contributed by atoms with E-state index in [0.29, 0.717) is 24.3 Å². The summed E-state index contributed by atoms with van der Waals surface area (Å²) in [4.78, 5) is 8.65. The standard InChI is InChI=1S/C13H12N4O2/c1-2-4-10-9(3-1)15-13(18-10)14-7-11-16-12(19-17-11)8-5-6-8/h1-4,8H,5-7H2,(H,14,15). The molecule has 0 radical (unpaired) electrons. The summed E-state index contributed by atoms with van der Waals surface area (Å²) in [5, 5.41) is 6.99. The van der Waals surface area contributed by atoms with Crippen LogP contribution in [0.25, 0.3) is 11.1 Å². The lowest BCUT2D eigenvalue weighted by Gasteiger charge is -1.94. The van der Waals surface area contributed by atoms with Crippen LogP contribution in [0.15, 0.2) is 33.2 Å². The molecule has 1 aliphatic rings. The second-order valence-electron chi connectivity index (χ2n) is 4.66. The number of nitrogens with one attached hydrogen (secondary N) is 1. The van der Waals surface area contributed by atoms with Crippen LogP contribution in [-0.4, -0.2) is 15.1 Å². The van der Waals surface area contributed by atoms with Crippen molar-refractivity contribution in [3.05, 3.63) is 36.0 Å². The number of anilines is 1. The molecule has 6 nitrogen and oxygen atoms in total. The summed E-state index contributed by atoms with van der Waals surface area (Å²) in [6.07, 6.45) is 2.31. The molecule has 1 aromatic carbocycles. The molecule has 1 aliphatic carbocycles. The number of hydrogen-bond donors (Lipinski definition) is 1. The van der Waals surface area contributed by atoms with Gasteiger partial charge in [-0.2, -0.15) is 9.97 Å². The number of fused-ring (bicyclic) bond motifs is 1. The first kappa shape index (κ1) is 10.5. The Balaban J connectivity index is 1.48. The Labute approximate surface area is 108 Å². The Hall–Kier alpha value is -2.37. The van der Waals surface area contributed by atoms with Crippen LogP contribution in [0, 0.1) is 0 Å². The van der Waals surface area contributed by atoms with Crippen molar-refractivity contribution in [3.63, 3.8) is 0 Å². The first-order valence-corrected chi connectivity index (χ1v) is 6.30. The van der Waals surface area contributed by atoms with Gasteiger partial charge in [0.05, 0.1) is 6.54 Å². The van der Waals surface area contributed by atoms with Crippen molar-refractivity contribution >= 4 is 17.1 Å². The quantitative estimate of drug-likeness (QED) is 0.773. The zero-order chi connectivity index (χ0) is 12.7. The Morgan fingerprint density at radius 3 is 2.95 bits per heavy atom. The SMILES string of the molecule is c1ccc2oc(NCc3noc(C4CC4)n3)nc2c1. The molecular formula is C13H12N4O2. The lowest BCUT2D eigenvalue weighted by Crippen LogP contribution is -2.01. The number of nitrogens with zero attached hydrogens (tertiary/aromatic N) is 3. The molecule has 4 rings (SSSR count). The second kappa shape index (κ2) is 4.08. The normalized spacial score (nSPS) is 14.9. The molecule has 3 aromatic rings. The largest absolute Gasteiger partial charge is 0.424 e. The number of rotatable bonds is 4. The molecule has 0 saturated heterocycles. The van der Waals surface area contributed by atoms with Gasteiger partial charge in [-0.05, 0) is 25.0 Å². The third-order valence-corrected chi connectivity index (χ3v) is 3.10. The van der Waals surface area contributed by atoms with Crippen molar-refractivity contribution in [1.82, 2.24) is 15.1 Å². The fourth-order valence-electron chi connectivity index (χ4n) is 1.94. The van der Waals surface area contributed by atoms with Gasteiger partial charge in [-0.1, -0.05) is 17.3 Å². The van der Waals surface area contributed by atoms with Gasteiger partial charge in [0.2, 0.25) is 5.89 Å². The summed E-state index contributed by atoms with van der Waals surface area (Å²) >= 11 is 0. The Kier molecular flexibility index (Phi) is 2.26. The molecule has 19 heavy (non-hydrogen) atoms. The maximum absolute atomic E-state index is 5.55. The predicted molar refractivity (Wildman–Crippen MR) is 67.6 cm³/mol. The van der Waals surface area contributed by atoms with Gasteiger partial charge >= 0.3 is 0 Å².